The van der Waals surface area contributed by atoms with Gasteiger partial charge in [0.1, 0.15) is 0 Å². The highest BCUT2D eigenvalue weighted by atomic mass is 32.2. The van der Waals surface area contributed by atoms with Gasteiger partial charge in [-0.1, -0.05) is 13.0 Å². The molecular weight excluding hydrogens is 294 g/mol. The van der Waals surface area contributed by atoms with Crippen molar-refractivity contribution in [1.29, 1.82) is 0 Å². The minimum atomic E-state index is -3.25. The van der Waals surface area contributed by atoms with Crippen molar-refractivity contribution >= 4 is 32.7 Å². The number of thiazole rings is 1. The van der Waals surface area contributed by atoms with Gasteiger partial charge < -0.3 is 5.32 Å². The first-order valence-corrected chi connectivity index (χ1v) is 8.92. The highest BCUT2D eigenvalue weighted by Gasteiger charge is 2.03. The van der Waals surface area contributed by atoms with Crippen LogP contribution in [-0.4, -0.2) is 19.7 Å². The maximum Gasteiger partial charge on any atom is 0.229 e. The van der Waals surface area contributed by atoms with Gasteiger partial charge in [0, 0.05) is 16.8 Å². The van der Waals surface area contributed by atoms with Crippen molar-refractivity contribution in [2.45, 2.75) is 19.9 Å². The number of sulfonamides is 1. The fourth-order valence-electron chi connectivity index (χ4n) is 1.69. The minimum absolute atomic E-state index is 0.552. The fourth-order valence-corrected chi connectivity index (χ4v) is 3.05. The fraction of sp³-hybridized carbons (Fsp3) is 0.308. The molecule has 0 radical (unpaired) electrons. The van der Waals surface area contributed by atoms with E-state index in [9.17, 15) is 8.42 Å². The summed E-state index contributed by atoms with van der Waals surface area (Å²) in [5, 5.41) is 4.38. The maximum absolute atomic E-state index is 11.2. The first-order chi connectivity index (χ1) is 9.46. The van der Waals surface area contributed by atoms with Crippen LogP contribution in [0.5, 0.6) is 0 Å². The number of nitrogens with zero attached hydrogens (tertiary/aromatic N) is 1. The van der Waals surface area contributed by atoms with Gasteiger partial charge in [0.2, 0.25) is 10.0 Å². The summed E-state index contributed by atoms with van der Waals surface area (Å²) in [6, 6.07) is 7.19. The summed E-state index contributed by atoms with van der Waals surface area (Å²) >= 11 is 1.68. The van der Waals surface area contributed by atoms with E-state index in [4.69, 9.17) is 0 Å². The van der Waals surface area contributed by atoms with Gasteiger partial charge in [0.25, 0.3) is 0 Å². The van der Waals surface area contributed by atoms with E-state index in [0.717, 1.165) is 28.2 Å². The molecule has 0 fully saturated rings. The smallest absolute Gasteiger partial charge is 0.229 e. The zero-order chi connectivity index (χ0) is 14.6. The normalized spacial score (nSPS) is 11.3. The van der Waals surface area contributed by atoms with Crippen LogP contribution in [0.15, 0.2) is 30.5 Å². The third-order valence-corrected chi connectivity index (χ3v) is 4.28. The third-order valence-electron chi connectivity index (χ3n) is 2.54. The summed E-state index contributed by atoms with van der Waals surface area (Å²) in [4.78, 5) is 5.46. The predicted molar refractivity (Wildman–Crippen MR) is 83.7 cm³/mol. The topological polar surface area (TPSA) is 71.1 Å². The number of aryl methyl sites for hydroxylation is 1. The Hall–Kier alpha value is -1.60. The molecule has 0 saturated carbocycles. The Morgan fingerprint density at radius 3 is 2.70 bits per heavy atom. The molecule has 0 bridgehead atoms. The molecule has 1 aromatic heterocycles. The highest BCUT2D eigenvalue weighted by Crippen LogP contribution is 2.19. The first kappa shape index (κ1) is 14.8. The molecule has 0 unspecified atom stereocenters. The Bertz CT molecular complexity index is 680. The van der Waals surface area contributed by atoms with E-state index >= 15 is 0 Å². The van der Waals surface area contributed by atoms with Gasteiger partial charge >= 0.3 is 0 Å². The van der Waals surface area contributed by atoms with Gasteiger partial charge in [-0.05, 0) is 24.6 Å². The average Bonchev–Trinajstić information content (AvgIpc) is 2.83. The van der Waals surface area contributed by atoms with Gasteiger partial charge in [0.15, 0.2) is 0 Å². The van der Waals surface area contributed by atoms with E-state index in [1.165, 1.54) is 0 Å². The zero-order valence-electron chi connectivity index (χ0n) is 11.4. The Balaban J connectivity index is 2.01. The lowest BCUT2D eigenvalue weighted by Gasteiger charge is -2.08. The summed E-state index contributed by atoms with van der Waals surface area (Å²) < 4.78 is 24.8. The minimum Gasteiger partial charge on any atom is -0.380 e. The van der Waals surface area contributed by atoms with Crippen LogP contribution in [0.3, 0.4) is 0 Å². The maximum atomic E-state index is 11.2. The Morgan fingerprint density at radius 2 is 2.05 bits per heavy atom. The molecule has 0 atom stereocenters. The van der Waals surface area contributed by atoms with Crippen LogP contribution in [0.25, 0.3) is 0 Å². The highest BCUT2D eigenvalue weighted by molar-refractivity contribution is 7.92. The van der Waals surface area contributed by atoms with Crippen molar-refractivity contribution < 1.29 is 8.42 Å². The number of hydrogen-bond donors (Lipinski definition) is 2. The molecule has 2 N–H and O–H groups in total. The Labute approximate surface area is 123 Å². The van der Waals surface area contributed by atoms with Crippen molar-refractivity contribution in [2.24, 2.45) is 0 Å². The molecule has 1 aromatic carbocycles. The second-order valence-electron chi connectivity index (χ2n) is 4.38. The molecule has 2 aromatic rings. The predicted octanol–water partition coefficient (Wildman–Crippen LogP) is 2.69. The lowest BCUT2D eigenvalue weighted by Crippen LogP contribution is -2.09. The van der Waals surface area contributed by atoms with E-state index < -0.39 is 10.0 Å². The molecule has 0 spiro atoms. The summed E-state index contributed by atoms with van der Waals surface area (Å²) in [7, 11) is -3.25. The first-order valence-electron chi connectivity index (χ1n) is 6.21. The number of nitrogens with one attached hydrogen (secondary N) is 2. The lowest BCUT2D eigenvalue weighted by molar-refractivity contribution is 0.607. The number of rotatable bonds is 6. The SMILES string of the molecule is CCc1ncc(CNc2cccc(NS(C)(=O)=O)c2)s1. The van der Waals surface area contributed by atoms with Gasteiger partial charge in [-0.2, -0.15) is 0 Å². The molecule has 5 nitrogen and oxygen atoms in total. The molecule has 1 heterocycles. The lowest BCUT2D eigenvalue weighted by atomic mass is 10.3. The summed E-state index contributed by atoms with van der Waals surface area (Å²) in [6.07, 6.45) is 3.95. The molecular formula is C13H17N3O2S2. The van der Waals surface area contributed by atoms with E-state index in [0.29, 0.717) is 12.2 Å². The van der Waals surface area contributed by atoms with Crippen LogP contribution in [0.2, 0.25) is 0 Å². The van der Waals surface area contributed by atoms with Gasteiger partial charge in [-0.3, -0.25) is 4.72 Å². The van der Waals surface area contributed by atoms with Crippen molar-refractivity contribution in [2.75, 3.05) is 16.3 Å². The Kier molecular flexibility index (Phi) is 4.61. The van der Waals surface area contributed by atoms with E-state index in [-0.39, 0.29) is 0 Å². The molecule has 0 aliphatic carbocycles. The molecule has 7 heteroatoms. The van der Waals surface area contributed by atoms with E-state index in [2.05, 4.69) is 21.9 Å². The van der Waals surface area contributed by atoms with Gasteiger partial charge in [-0.15, -0.1) is 11.3 Å². The molecule has 108 valence electrons. The largest absolute Gasteiger partial charge is 0.380 e. The zero-order valence-corrected chi connectivity index (χ0v) is 13.0. The molecule has 0 amide bonds. The summed E-state index contributed by atoms with van der Waals surface area (Å²) in [5.41, 5.74) is 1.42. The van der Waals surface area contributed by atoms with Crippen LogP contribution in [0.4, 0.5) is 11.4 Å². The summed E-state index contributed by atoms with van der Waals surface area (Å²) in [6.45, 7) is 2.76. The quantitative estimate of drug-likeness (QED) is 0.860. The van der Waals surface area contributed by atoms with Crippen molar-refractivity contribution in [3.63, 3.8) is 0 Å². The monoisotopic (exact) mass is 311 g/mol. The standard InChI is InChI=1S/C13H17N3O2S2/c1-3-13-15-9-12(19-13)8-14-10-5-4-6-11(7-10)16-20(2,17)18/h4-7,9,14,16H,3,8H2,1-2H3. The van der Waals surface area contributed by atoms with Crippen LogP contribution in [-0.2, 0) is 23.0 Å². The summed E-state index contributed by atoms with van der Waals surface area (Å²) in [5.74, 6) is 0. The van der Waals surface area contributed by atoms with Gasteiger partial charge in [0.05, 0.1) is 23.5 Å². The average molecular weight is 311 g/mol. The molecule has 20 heavy (non-hydrogen) atoms. The Morgan fingerprint density at radius 1 is 1.30 bits per heavy atom. The number of aromatic nitrogens is 1. The second kappa shape index (κ2) is 6.23. The molecule has 0 aliphatic heterocycles. The number of hydrogen-bond acceptors (Lipinski definition) is 5. The molecule has 0 aliphatic rings. The van der Waals surface area contributed by atoms with Gasteiger partial charge in [-0.25, -0.2) is 13.4 Å². The van der Waals surface area contributed by atoms with E-state index in [1.54, 1.807) is 29.5 Å². The van der Waals surface area contributed by atoms with Crippen molar-refractivity contribution in [3.8, 4) is 0 Å². The second-order valence-corrected chi connectivity index (χ2v) is 7.33. The van der Waals surface area contributed by atoms with E-state index in [1.807, 2.05) is 12.3 Å². The van der Waals surface area contributed by atoms with Crippen LogP contribution < -0.4 is 10.0 Å². The van der Waals surface area contributed by atoms with Crippen molar-refractivity contribution in [3.05, 3.63) is 40.3 Å². The molecule has 2 rings (SSSR count). The van der Waals surface area contributed by atoms with Crippen LogP contribution in [0, 0.1) is 0 Å². The molecule has 0 saturated heterocycles. The number of anilines is 2. The number of benzene rings is 1. The van der Waals surface area contributed by atoms with Crippen LogP contribution in [0.1, 0.15) is 16.8 Å². The third kappa shape index (κ3) is 4.50. The van der Waals surface area contributed by atoms with Crippen molar-refractivity contribution in [1.82, 2.24) is 4.98 Å². The van der Waals surface area contributed by atoms with Crippen LogP contribution >= 0.6 is 11.3 Å².